The minimum absolute atomic E-state index is 0.0683. The fourth-order valence-corrected chi connectivity index (χ4v) is 3.99. The van der Waals surface area contributed by atoms with Crippen molar-refractivity contribution in [2.45, 2.75) is 12.1 Å². The number of hydrogen-bond acceptors (Lipinski definition) is 4. The number of hydrogen-bond donors (Lipinski definition) is 2. The lowest BCUT2D eigenvalue weighted by Gasteiger charge is -2.29. The molecule has 0 aliphatic carbocycles. The second-order valence-electron chi connectivity index (χ2n) is 4.35. The Bertz CT molecular complexity index is 619. The Labute approximate surface area is 114 Å². The van der Waals surface area contributed by atoms with Gasteiger partial charge >= 0.3 is 5.97 Å². The summed E-state index contributed by atoms with van der Waals surface area (Å²) < 4.78 is 36.4. The third kappa shape index (κ3) is 3.23. The van der Waals surface area contributed by atoms with Crippen LogP contribution in [0.2, 0.25) is 5.02 Å². The van der Waals surface area contributed by atoms with Crippen LogP contribution in [0, 0.1) is 5.82 Å². The van der Waals surface area contributed by atoms with Gasteiger partial charge in [-0.2, -0.15) is 0 Å². The average Bonchev–Trinajstić information content (AvgIpc) is 2.26. The van der Waals surface area contributed by atoms with Crippen LogP contribution < -0.4 is 5.32 Å². The summed E-state index contributed by atoms with van der Waals surface area (Å²) in [5, 5.41) is 11.7. The Morgan fingerprint density at radius 1 is 1.42 bits per heavy atom. The van der Waals surface area contributed by atoms with Crippen molar-refractivity contribution in [3.05, 3.63) is 34.6 Å². The van der Waals surface area contributed by atoms with Crippen LogP contribution in [0.5, 0.6) is 0 Å². The van der Waals surface area contributed by atoms with E-state index in [4.69, 9.17) is 16.7 Å². The summed E-state index contributed by atoms with van der Waals surface area (Å²) in [5.41, 5.74) is 0.373. The molecule has 1 fully saturated rings. The smallest absolute Gasteiger partial charge is 0.321 e. The quantitative estimate of drug-likeness (QED) is 0.851. The van der Waals surface area contributed by atoms with Crippen molar-refractivity contribution in [1.29, 1.82) is 0 Å². The van der Waals surface area contributed by atoms with E-state index in [1.54, 1.807) is 0 Å². The van der Waals surface area contributed by atoms with E-state index in [0.29, 0.717) is 5.56 Å². The fourth-order valence-electron chi connectivity index (χ4n) is 2.02. The number of aliphatic carboxylic acids is 1. The highest BCUT2D eigenvalue weighted by Gasteiger charge is 2.36. The summed E-state index contributed by atoms with van der Waals surface area (Å²) in [7, 11) is -3.50. The molecule has 1 heterocycles. The first kappa shape index (κ1) is 14.2. The van der Waals surface area contributed by atoms with Crippen LogP contribution in [0.15, 0.2) is 18.2 Å². The Balaban J connectivity index is 2.36. The van der Waals surface area contributed by atoms with Crippen LogP contribution in [-0.4, -0.2) is 37.0 Å². The monoisotopic (exact) mass is 307 g/mol. The summed E-state index contributed by atoms with van der Waals surface area (Å²) in [6, 6.07) is 1.63. The fraction of sp³-hybridized carbons (Fsp3) is 0.364. The van der Waals surface area contributed by atoms with Crippen molar-refractivity contribution in [3.8, 4) is 0 Å². The Hall–Kier alpha value is -1.18. The molecule has 8 heteroatoms. The van der Waals surface area contributed by atoms with Gasteiger partial charge in [-0.15, -0.1) is 0 Å². The molecular weight excluding hydrogens is 297 g/mol. The van der Waals surface area contributed by atoms with Crippen molar-refractivity contribution in [1.82, 2.24) is 5.32 Å². The molecule has 0 spiro atoms. The van der Waals surface area contributed by atoms with Crippen molar-refractivity contribution in [2.75, 3.05) is 11.5 Å². The molecule has 2 unspecified atom stereocenters. The van der Waals surface area contributed by atoms with Gasteiger partial charge in [0.15, 0.2) is 9.84 Å². The third-order valence-electron chi connectivity index (χ3n) is 2.88. The molecule has 19 heavy (non-hydrogen) atoms. The van der Waals surface area contributed by atoms with Gasteiger partial charge in [0.1, 0.15) is 11.9 Å². The molecule has 1 aliphatic rings. The van der Waals surface area contributed by atoms with E-state index in [9.17, 15) is 17.6 Å². The second-order valence-corrected chi connectivity index (χ2v) is 6.91. The highest BCUT2D eigenvalue weighted by molar-refractivity contribution is 7.91. The van der Waals surface area contributed by atoms with Gasteiger partial charge in [0.2, 0.25) is 0 Å². The predicted molar refractivity (Wildman–Crippen MR) is 67.4 cm³/mol. The Morgan fingerprint density at radius 3 is 2.68 bits per heavy atom. The normalized spacial score (nSPS) is 26.0. The molecule has 5 nitrogen and oxygen atoms in total. The van der Waals surface area contributed by atoms with E-state index in [1.165, 1.54) is 6.07 Å². The van der Waals surface area contributed by atoms with E-state index in [1.807, 2.05) is 0 Å². The number of carbonyl (C=O) groups is 1. The minimum atomic E-state index is -3.50. The molecule has 1 aromatic rings. The molecule has 104 valence electrons. The first-order valence-electron chi connectivity index (χ1n) is 5.43. The van der Waals surface area contributed by atoms with E-state index >= 15 is 0 Å². The summed E-state index contributed by atoms with van der Waals surface area (Å²) >= 11 is 5.86. The number of benzene rings is 1. The second kappa shape index (κ2) is 5.07. The first-order chi connectivity index (χ1) is 8.78. The topological polar surface area (TPSA) is 83.5 Å². The summed E-state index contributed by atoms with van der Waals surface area (Å²) in [5.74, 6) is -2.51. The molecule has 2 rings (SSSR count). The van der Waals surface area contributed by atoms with Crippen LogP contribution in [0.4, 0.5) is 4.39 Å². The van der Waals surface area contributed by atoms with E-state index in [-0.39, 0.29) is 10.8 Å². The molecule has 0 radical (unpaired) electrons. The molecule has 2 N–H and O–H groups in total. The number of carboxylic acids is 1. The molecule has 2 atom stereocenters. The van der Waals surface area contributed by atoms with Crippen LogP contribution in [-0.2, 0) is 14.6 Å². The molecular formula is C11H11ClFNO4S. The van der Waals surface area contributed by atoms with Gasteiger partial charge in [-0.25, -0.2) is 12.8 Å². The van der Waals surface area contributed by atoms with Crippen LogP contribution in [0.1, 0.15) is 11.6 Å². The van der Waals surface area contributed by atoms with Gasteiger partial charge in [-0.05, 0) is 17.7 Å². The third-order valence-corrected chi connectivity index (χ3v) is 4.89. The highest BCUT2D eigenvalue weighted by Crippen LogP contribution is 2.28. The first-order valence-corrected chi connectivity index (χ1v) is 7.62. The summed E-state index contributed by atoms with van der Waals surface area (Å²) in [6.07, 6.45) is 0. The number of halogens is 2. The maximum Gasteiger partial charge on any atom is 0.321 e. The van der Waals surface area contributed by atoms with Crippen LogP contribution >= 0.6 is 11.6 Å². The molecule has 0 bridgehead atoms. The highest BCUT2D eigenvalue weighted by atomic mass is 35.5. The predicted octanol–water partition coefficient (Wildman–Crippen LogP) is 0.991. The van der Waals surface area contributed by atoms with E-state index in [2.05, 4.69) is 5.32 Å². The number of rotatable bonds is 2. The Kier molecular flexibility index (Phi) is 3.80. The number of carboxylic acid groups (broad SMARTS) is 1. The lowest BCUT2D eigenvalue weighted by molar-refractivity contribution is -0.139. The van der Waals surface area contributed by atoms with Crippen molar-refractivity contribution < 1.29 is 22.7 Å². The summed E-state index contributed by atoms with van der Waals surface area (Å²) in [6.45, 7) is 0. The molecule has 1 saturated heterocycles. The van der Waals surface area contributed by atoms with Crippen molar-refractivity contribution in [3.63, 3.8) is 0 Å². The zero-order chi connectivity index (χ0) is 14.2. The van der Waals surface area contributed by atoms with Gasteiger partial charge in [-0.1, -0.05) is 17.7 Å². The van der Waals surface area contributed by atoms with Gasteiger partial charge in [0.25, 0.3) is 0 Å². The van der Waals surface area contributed by atoms with E-state index < -0.39 is 39.5 Å². The number of sulfone groups is 1. The average molecular weight is 308 g/mol. The molecule has 1 aliphatic heterocycles. The maximum absolute atomic E-state index is 13.0. The van der Waals surface area contributed by atoms with Gasteiger partial charge in [0.05, 0.1) is 11.5 Å². The van der Waals surface area contributed by atoms with Crippen LogP contribution in [0.3, 0.4) is 0 Å². The number of nitrogens with one attached hydrogen (secondary N) is 1. The summed E-state index contributed by atoms with van der Waals surface area (Å²) in [4.78, 5) is 10.9. The van der Waals surface area contributed by atoms with Crippen LogP contribution in [0.25, 0.3) is 0 Å². The molecule has 0 amide bonds. The van der Waals surface area contributed by atoms with Gasteiger partial charge in [-0.3, -0.25) is 10.1 Å². The van der Waals surface area contributed by atoms with Crippen molar-refractivity contribution in [2.24, 2.45) is 0 Å². The Morgan fingerprint density at radius 2 is 2.11 bits per heavy atom. The molecule has 0 aromatic heterocycles. The lowest BCUT2D eigenvalue weighted by Crippen LogP contribution is -2.51. The standard InChI is InChI=1S/C11H11ClFNO4S/c12-8-3-6(13)1-2-7(8)9-4-19(17,18)5-10(14-9)11(15)16/h1-3,9-10,14H,4-5H2,(H,15,16). The zero-order valence-corrected chi connectivity index (χ0v) is 11.2. The van der Waals surface area contributed by atoms with Gasteiger partial charge < -0.3 is 5.11 Å². The zero-order valence-electron chi connectivity index (χ0n) is 9.64. The van der Waals surface area contributed by atoms with Crippen molar-refractivity contribution >= 4 is 27.4 Å². The van der Waals surface area contributed by atoms with Gasteiger partial charge in [0, 0.05) is 11.1 Å². The lowest BCUT2D eigenvalue weighted by atomic mass is 10.1. The maximum atomic E-state index is 13.0. The SMILES string of the molecule is O=C(O)C1CS(=O)(=O)CC(c2ccc(F)cc2Cl)N1. The van der Waals surface area contributed by atoms with E-state index in [0.717, 1.165) is 12.1 Å². The minimum Gasteiger partial charge on any atom is -0.480 e. The molecule has 1 aromatic carbocycles. The molecule has 0 saturated carbocycles. The largest absolute Gasteiger partial charge is 0.480 e.